The van der Waals surface area contributed by atoms with Crippen molar-refractivity contribution in [1.82, 2.24) is 19.5 Å². The van der Waals surface area contributed by atoms with E-state index >= 15 is 0 Å². The van der Waals surface area contributed by atoms with Crippen LogP contribution in [0.1, 0.15) is 0 Å². The predicted molar refractivity (Wildman–Crippen MR) is 265 cm³/mol. The summed E-state index contributed by atoms with van der Waals surface area (Å²) in [6.45, 7) is 0. The van der Waals surface area contributed by atoms with E-state index in [1.54, 1.807) is 0 Å². The van der Waals surface area contributed by atoms with Crippen molar-refractivity contribution >= 4 is 97.6 Å². The van der Waals surface area contributed by atoms with Crippen LogP contribution in [0.15, 0.2) is 211 Å². The first-order valence-electron chi connectivity index (χ1n) is 21.7. The Labute approximate surface area is 366 Å². The monoisotopic (exact) mass is 814 g/mol. The summed E-state index contributed by atoms with van der Waals surface area (Å²) in [6.07, 6.45) is 0. The van der Waals surface area contributed by atoms with Crippen LogP contribution in [0.5, 0.6) is 0 Å². The predicted octanol–water partition coefficient (Wildman–Crippen LogP) is 15.6. The highest BCUT2D eigenvalue weighted by atomic mass is 16.3. The van der Waals surface area contributed by atoms with Gasteiger partial charge in [0.25, 0.3) is 0 Å². The Kier molecular flexibility index (Phi) is 7.33. The Morgan fingerprint density at radius 2 is 0.812 bits per heavy atom. The molecule has 0 amide bonds. The number of hydrogen-bond donors (Lipinski definition) is 0. The lowest BCUT2D eigenvalue weighted by Gasteiger charge is -2.13. The number of fused-ring (bicyclic) bond motifs is 12. The molecule has 0 saturated carbocycles. The molecule has 5 nitrogen and oxygen atoms in total. The van der Waals surface area contributed by atoms with E-state index in [0.29, 0.717) is 17.5 Å². The maximum atomic E-state index is 6.85. The summed E-state index contributed by atoms with van der Waals surface area (Å²) in [4.78, 5) is 15.8. The van der Waals surface area contributed by atoms with E-state index in [-0.39, 0.29) is 0 Å². The highest BCUT2D eigenvalue weighted by molar-refractivity contribution is 6.23. The maximum absolute atomic E-state index is 6.85. The van der Waals surface area contributed by atoms with Gasteiger partial charge in [-0.1, -0.05) is 146 Å². The minimum absolute atomic E-state index is 0.549. The summed E-state index contributed by atoms with van der Waals surface area (Å²) in [5.74, 6) is 1.75. The average molecular weight is 815 g/mol. The van der Waals surface area contributed by atoms with Crippen LogP contribution in [0.2, 0.25) is 0 Å². The zero-order valence-electron chi connectivity index (χ0n) is 34.3. The number of aromatic nitrogens is 4. The molecule has 64 heavy (non-hydrogen) atoms. The zero-order valence-corrected chi connectivity index (χ0v) is 34.3. The van der Waals surface area contributed by atoms with Crippen LogP contribution in [-0.2, 0) is 0 Å². The topological polar surface area (TPSA) is 56.7 Å². The van der Waals surface area contributed by atoms with Crippen molar-refractivity contribution in [1.29, 1.82) is 0 Å². The molecular formula is C59H34N4O. The fourth-order valence-corrected chi connectivity index (χ4v) is 10.0. The summed E-state index contributed by atoms with van der Waals surface area (Å²) >= 11 is 0. The standard InChI is InChI=1S/C59H34N4O/c1-3-13-37-27-43(23-21-35(37)11-1)57-60-58(44-24-22-36-12-2-4-14-38(36)28-44)62-59(61-57)51-32-45-29-46(25-26-47(45)55-48-19-9-10-20-54(48)64-56(51)55)63-52-33-41-17-7-5-15-39(41)30-49(52)50-31-40-16-6-8-18-42(40)34-53(50)63/h1-34H. The van der Waals surface area contributed by atoms with E-state index in [1.165, 1.54) is 32.3 Å². The number of nitrogens with zero attached hydrogens (tertiary/aromatic N) is 4. The summed E-state index contributed by atoms with van der Waals surface area (Å²) in [7, 11) is 0. The van der Waals surface area contributed by atoms with Crippen molar-refractivity contribution in [2.24, 2.45) is 0 Å². The Hall–Kier alpha value is -8.67. The van der Waals surface area contributed by atoms with Gasteiger partial charge < -0.3 is 8.98 Å². The second-order valence-electron chi connectivity index (χ2n) is 16.8. The van der Waals surface area contributed by atoms with Crippen molar-refractivity contribution in [3.63, 3.8) is 0 Å². The molecule has 14 aromatic rings. The Morgan fingerprint density at radius 3 is 1.39 bits per heavy atom. The van der Waals surface area contributed by atoms with Gasteiger partial charge in [0.15, 0.2) is 17.5 Å². The van der Waals surface area contributed by atoms with Gasteiger partial charge in [-0.2, -0.15) is 0 Å². The fourth-order valence-electron chi connectivity index (χ4n) is 10.0. The molecule has 296 valence electrons. The minimum Gasteiger partial charge on any atom is -0.455 e. The zero-order chi connectivity index (χ0) is 41.9. The molecule has 11 aromatic carbocycles. The van der Waals surface area contributed by atoms with Gasteiger partial charge in [0.05, 0.1) is 16.6 Å². The van der Waals surface area contributed by atoms with E-state index in [1.807, 2.05) is 12.1 Å². The molecule has 3 heterocycles. The van der Waals surface area contributed by atoms with Gasteiger partial charge in [-0.05, 0) is 115 Å². The summed E-state index contributed by atoms with van der Waals surface area (Å²) in [5.41, 5.74) is 7.60. The molecule has 0 saturated heterocycles. The Balaban J connectivity index is 1.06. The van der Waals surface area contributed by atoms with Gasteiger partial charge in [-0.3, -0.25) is 0 Å². The molecule has 0 aliphatic carbocycles. The second kappa shape index (κ2) is 13.4. The van der Waals surface area contributed by atoms with Gasteiger partial charge in [-0.15, -0.1) is 0 Å². The maximum Gasteiger partial charge on any atom is 0.167 e. The highest BCUT2D eigenvalue weighted by Crippen LogP contribution is 2.43. The molecule has 14 rings (SSSR count). The molecule has 0 radical (unpaired) electrons. The highest BCUT2D eigenvalue weighted by Gasteiger charge is 2.22. The lowest BCUT2D eigenvalue weighted by atomic mass is 9.99. The average Bonchev–Trinajstić information content (AvgIpc) is 3.89. The second-order valence-corrected chi connectivity index (χ2v) is 16.8. The van der Waals surface area contributed by atoms with E-state index in [0.717, 1.165) is 87.7 Å². The van der Waals surface area contributed by atoms with Crippen molar-refractivity contribution in [3.8, 4) is 39.9 Å². The largest absolute Gasteiger partial charge is 0.455 e. The lowest BCUT2D eigenvalue weighted by molar-refractivity contribution is 0.670. The first kappa shape index (κ1) is 35.0. The van der Waals surface area contributed by atoms with E-state index < -0.39 is 0 Å². The molecule has 0 spiro atoms. The summed E-state index contributed by atoms with van der Waals surface area (Å²) in [5, 5.41) is 16.1. The molecule has 0 fully saturated rings. The van der Waals surface area contributed by atoms with Crippen molar-refractivity contribution in [3.05, 3.63) is 206 Å². The van der Waals surface area contributed by atoms with Crippen LogP contribution >= 0.6 is 0 Å². The van der Waals surface area contributed by atoms with Crippen LogP contribution in [0.25, 0.3) is 137 Å². The molecule has 0 aliphatic rings. The van der Waals surface area contributed by atoms with Crippen LogP contribution < -0.4 is 0 Å². The van der Waals surface area contributed by atoms with Crippen LogP contribution in [0.3, 0.4) is 0 Å². The molecular weight excluding hydrogens is 781 g/mol. The molecule has 0 bridgehead atoms. The SMILES string of the molecule is c1ccc2cc(-c3nc(-c4ccc5ccccc5c4)nc(-c4cc5cc(-n6c7cc8ccccc8cc7c7cc8ccccc8cc76)ccc5c5c4oc4ccccc45)n3)ccc2c1. The van der Waals surface area contributed by atoms with Crippen LogP contribution in [0, 0.1) is 0 Å². The van der Waals surface area contributed by atoms with Crippen LogP contribution in [-0.4, -0.2) is 19.5 Å². The molecule has 0 aliphatic heterocycles. The molecule has 0 atom stereocenters. The fraction of sp³-hybridized carbons (Fsp3) is 0. The number of para-hydroxylation sites is 1. The number of furan rings is 1. The molecule has 0 unspecified atom stereocenters. The van der Waals surface area contributed by atoms with Crippen molar-refractivity contribution in [2.45, 2.75) is 0 Å². The third-order valence-corrected chi connectivity index (χ3v) is 13.1. The third kappa shape index (κ3) is 5.34. The number of benzene rings is 11. The number of rotatable bonds is 4. The molecule has 3 aromatic heterocycles. The van der Waals surface area contributed by atoms with Gasteiger partial charge in [0.1, 0.15) is 11.2 Å². The Morgan fingerprint density at radius 1 is 0.328 bits per heavy atom. The van der Waals surface area contributed by atoms with E-state index in [9.17, 15) is 0 Å². The van der Waals surface area contributed by atoms with Crippen molar-refractivity contribution < 1.29 is 4.42 Å². The van der Waals surface area contributed by atoms with E-state index in [2.05, 4.69) is 199 Å². The van der Waals surface area contributed by atoms with Crippen molar-refractivity contribution in [2.75, 3.05) is 0 Å². The first-order valence-corrected chi connectivity index (χ1v) is 21.7. The van der Waals surface area contributed by atoms with Crippen LogP contribution in [0.4, 0.5) is 0 Å². The van der Waals surface area contributed by atoms with E-state index in [4.69, 9.17) is 19.4 Å². The summed E-state index contributed by atoms with van der Waals surface area (Å²) < 4.78 is 9.28. The molecule has 5 heteroatoms. The smallest absolute Gasteiger partial charge is 0.167 e. The van der Waals surface area contributed by atoms with Gasteiger partial charge in [-0.25, -0.2) is 15.0 Å². The first-order chi connectivity index (χ1) is 31.7. The molecule has 0 N–H and O–H groups in total. The minimum atomic E-state index is 0.549. The third-order valence-electron chi connectivity index (χ3n) is 13.1. The lowest BCUT2D eigenvalue weighted by Crippen LogP contribution is -2.01. The van der Waals surface area contributed by atoms with Gasteiger partial charge in [0.2, 0.25) is 0 Å². The quantitative estimate of drug-likeness (QED) is 0.178. The van der Waals surface area contributed by atoms with Gasteiger partial charge >= 0.3 is 0 Å². The summed E-state index contributed by atoms with van der Waals surface area (Å²) in [6, 6.07) is 73.6. The normalized spacial score (nSPS) is 12.1. The van der Waals surface area contributed by atoms with Gasteiger partial charge in [0, 0.05) is 38.4 Å². The Bertz CT molecular complexity index is 4080. The number of hydrogen-bond acceptors (Lipinski definition) is 4.